The molecule has 6 aromatic heterocycles. The van der Waals surface area contributed by atoms with Crippen LogP contribution in [0.4, 0.5) is 8.78 Å². The number of hydrogen-bond acceptors (Lipinski definition) is 27. The van der Waals surface area contributed by atoms with Gasteiger partial charge in [0.25, 0.3) is 20.0 Å². The number of benzene rings is 2. The van der Waals surface area contributed by atoms with E-state index in [1.165, 1.54) is 89.8 Å². The number of carbonyl (C=O) groups excluding carboxylic acids is 5. The molecule has 638 valence electrons. The predicted molar refractivity (Wildman–Crippen MR) is 441 cm³/mol. The monoisotopic (exact) mass is 1760 g/mol. The molecule has 8 bridgehead atoms. The van der Waals surface area contributed by atoms with E-state index in [1.807, 2.05) is 32.1 Å². The highest BCUT2D eigenvalue weighted by Crippen LogP contribution is 2.51. The first kappa shape index (κ1) is 90.5. The molecule has 17 rings (SSSR count). The van der Waals surface area contributed by atoms with E-state index < -0.39 is 71.3 Å². The molecule has 0 saturated heterocycles. The summed E-state index contributed by atoms with van der Waals surface area (Å²) in [4.78, 5) is 101. The van der Waals surface area contributed by atoms with Gasteiger partial charge in [0.15, 0.2) is 39.6 Å². The summed E-state index contributed by atoms with van der Waals surface area (Å²) < 4.78 is 120. The van der Waals surface area contributed by atoms with Gasteiger partial charge in [-0.25, -0.2) is 68.3 Å². The lowest BCUT2D eigenvalue weighted by Crippen LogP contribution is -2.39. The number of allylic oxidation sites excluding steroid dienone is 9. The summed E-state index contributed by atoms with van der Waals surface area (Å²) in [6.07, 6.45) is 39.5. The molecule has 2 aromatic carbocycles. The molecule has 121 heavy (non-hydrogen) atoms. The van der Waals surface area contributed by atoms with E-state index in [1.54, 1.807) is 30.3 Å². The molecule has 9 aliphatic rings. The van der Waals surface area contributed by atoms with Crippen LogP contribution >= 0.6 is 23.2 Å². The second-order valence-electron chi connectivity index (χ2n) is 29.7. The number of nitro groups is 2. The van der Waals surface area contributed by atoms with Crippen molar-refractivity contribution >= 4 is 106 Å². The SMILES string of the molecule is C1=CCC=C1.COC(=O)/C=C/[N+](=O)[O-].COC(=O)[C@H]1C2C=CC(C2)C1Cc1nc(-c2cn(S(=O)(=O)c3ccc(C)cc3)c3ncc(Cl)cc23)ncc1F.COC(=O)[C@H]1C2C=CC(C2)[C@@H]1N.COC(=O)[C@H]1C2C=CC(C2)[C@@H]1N.COC(=O)[C@H]1C2C=CC(C2)[C@@H]1[N+](=O)[O-].Cc1ccc(S(=O)(=O)n2cc(-c3ncc(F)c(S(C)=O)n3)c3cc(Cl)cnc32)cc1. The van der Waals surface area contributed by atoms with Crippen LogP contribution in [-0.2, 0) is 84.9 Å². The Morgan fingerprint density at radius 1 is 0.554 bits per heavy atom. The van der Waals surface area contributed by atoms with Gasteiger partial charge >= 0.3 is 29.8 Å². The van der Waals surface area contributed by atoms with Crippen LogP contribution in [0, 0.1) is 123 Å². The molecular formula is C83H86Cl2F2N12O19S3. The smallest absolute Gasteiger partial charge is 0.336 e. The Morgan fingerprint density at radius 2 is 0.950 bits per heavy atom. The Bertz CT molecular complexity index is 5730. The number of fused-ring (bicyclic) bond motifs is 10. The normalized spacial score (nSPS) is 24.8. The zero-order chi connectivity index (χ0) is 87.6. The number of halogens is 4. The Morgan fingerprint density at radius 3 is 1.36 bits per heavy atom. The highest BCUT2D eigenvalue weighted by Gasteiger charge is 2.56. The number of methoxy groups -OCH3 is 5. The van der Waals surface area contributed by atoms with Gasteiger partial charge in [0.2, 0.25) is 12.2 Å². The minimum atomic E-state index is -4.02. The Labute approximate surface area is 706 Å². The van der Waals surface area contributed by atoms with Gasteiger partial charge in [-0.15, -0.1) is 0 Å². The number of carbonyl (C=O) groups is 5. The Hall–Kier alpha value is -11.3. The molecule has 17 atom stereocenters. The lowest BCUT2D eigenvalue weighted by Gasteiger charge is -2.25. The maximum Gasteiger partial charge on any atom is 0.336 e. The summed E-state index contributed by atoms with van der Waals surface area (Å²) in [5.41, 5.74) is 14.6. The van der Waals surface area contributed by atoms with Crippen molar-refractivity contribution < 1.29 is 87.3 Å². The fourth-order valence-corrected chi connectivity index (χ4v) is 20.0. The van der Waals surface area contributed by atoms with Crippen molar-refractivity contribution in [3.05, 3.63) is 242 Å². The minimum Gasteiger partial charge on any atom is -0.469 e. The molecule has 4 saturated carbocycles. The van der Waals surface area contributed by atoms with Crippen LogP contribution in [0.3, 0.4) is 0 Å². The van der Waals surface area contributed by atoms with E-state index in [-0.39, 0.29) is 143 Å². The standard InChI is InChI=1S/C28H24ClFN4O4S.C19H14ClFN4O3S2.C9H11NO4.2C9H13NO2.C5H6.C4H5NO4/c1-15-3-7-19(8-4-15)39(36,37)34-14-22(21-10-18(29)12-32-27(21)34)26-31-13-23(30)24(33-26)11-20-16-5-6-17(9-16)25(20)28(35)38-2;1-11-3-5-13(6-4-11)30(27,28)25-10-15(14-7-12(20)8-23-18(14)25)17-22-9-16(21)19(24-17)29(2)26;1-14-9(11)7-5-2-3-6(4-5)8(7)10(12)13;2*1-12-9(11)7-5-2-3-6(4-5)8(7)10;1-2-4-5-3-1;1-9-4(6)2-3-5(7)8/h3-8,10,12-14,16-17,20,25H,9,11H2,1-2H3;3-10H,1-2H3;2-3,5-8H,4H2,1H3;2*2-3,5-8H,4,10H2,1H3;1-4H,5H2;2-3H,1H3/b;;;;;;3-2+/t16?,17?,20?,25-;;3*5?,6?,7-,8-;;/m0.000../s1. The third-order valence-corrected chi connectivity index (χ3v) is 27.0. The molecular weight excluding hydrogens is 1670 g/mol. The van der Waals surface area contributed by atoms with Gasteiger partial charge in [-0.2, -0.15) is 0 Å². The quantitative estimate of drug-likeness (QED) is 0.0172. The molecule has 38 heteroatoms. The molecule has 4 fully saturated rings. The molecule has 10 unspecified atom stereocenters. The van der Waals surface area contributed by atoms with Gasteiger partial charge in [-0.05, 0) is 136 Å². The van der Waals surface area contributed by atoms with E-state index in [0.29, 0.717) is 57.7 Å². The van der Waals surface area contributed by atoms with Crippen LogP contribution < -0.4 is 11.5 Å². The summed E-state index contributed by atoms with van der Waals surface area (Å²) in [5, 5.41) is 21.4. The second kappa shape index (κ2) is 39.1. The molecule has 9 aliphatic carbocycles. The van der Waals surface area contributed by atoms with Crippen LogP contribution in [0.2, 0.25) is 10.0 Å². The maximum absolute atomic E-state index is 15.0. The summed E-state index contributed by atoms with van der Waals surface area (Å²) >= 11 is 12.3. The average Bonchev–Trinajstić information content (AvgIpc) is 1.59. The Kier molecular flexibility index (Phi) is 29.2. The van der Waals surface area contributed by atoms with Crippen LogP contribution in [0.1, 0.15) is 48.9 Å². The number of aryl methyl sites for hydroxylation is 2. The molecule has 6 heterocycles. The lowest BCUT2D eigenvalue weighted by atomic mass is 9.80. The number of rotatable bonds is 16. The van der Waals surface area contributed by atoms with Crippen molar-refractivity contribution in [2.75, 3.05) is 41.8 Å². The van der Waals surface area contributed by atoms with Gasteiger partial charge in [0.05, 0.1) is 113 Å². The van der Waals surface area contributed by atoms with Crippen molar-refractivity contribution in [1.29, 1.82) is 0 Å². The fraction of sp³-hybridized carbons (Fsp3) is 0.361. The van der Waals surface area contributed by atoms with Crippen LogP contribution in [-0.4, -0.2) is 159 Å². The van der Waals surface area contributed by atoms with Crippen molar-refractivity contribution in [3.63, 3.8) is 0 Å². The van der Waals surface area contributed by atoms with Crippen LogP contribution in [0.15, 0.2) is 198 Å². The number of pyridine rings is 2. The number of aromatic nitrogens is 8. The fourth-order valence-electron chi connectivity index (χ4n) is 16.5. The number of nitrogens with two attached hydrogens (primary N) is 2. The van der Waals surface area contributed by atoms with E-state index in [4.69, 9.17) is 48.9 Å². The molecule has 4 N–H and O–H groups in total. The second-order valence-corrected chi connectivity index (χ2v) is 35.5. The van der Waals surface area contributed by atoms with E-state index in [9.17, 15) is 69.6 Å². The van der Waals surface area contributed by atoms with Crippen LogP contribution in [0.5, 0.6) is 0 Å². The zero-order valence-electron chi connectivity index (χ0n) is 66.4. The Balaban J connectivity index is 0.000000152. The molecule has 0 spiro atoms. The molecule has 8 aromatic rings. The topological polar surface area (TPSA) is 442 Å². The zero-order valence-corrected chi connectivity index (χ0v) is 70.4. The van der Waals surface area contributed by atoms with Crippen LogP contribution in [0.25, 0.3) is 44.8 Å². The molecule has 31 nitrogen and oxygen atoms in total. The summed E-state index contributed by atoms with van der Waals surface area (Å²) in [6.45, 7) is 3.72. The van der Waals surface area contributed by atoms with Crippen molar-refractivity contribution in [2.24, 2.45) is 88.4 Å². The molecule has 0 amide bonds. The van der Waals surface area contributed by atoms with Gasteiger partial charge in [-0.1, -0.05) is 132 Å². The average molecular weight is 1760 g/mol. The number of esters is 5. The first-order chi connectivity index (χ1) is 57.6. The summed E-state index contributed by atoms with van der Waals surface area (Å²) in [6, 6.07) is 15.1. The van der Waals surface area contributed by atoms with Gasteiger partial charge in [0.1, 0.15) is 5.92 Å². The van der Waals surface area contributed by atoms with Gasteiger partial charge < -0.3 is 35.2 Å². The van der Waals surface area contributed by atoms with Crippen molar-refractivity contribution in [1.82, 2.24) is 37.8 Å². The molecule has 0 aliphatic heterocycles. The van der Waals surface area contributed by atoms with E-state index in [2.05, 4.69) is 94.1 Å². The van der Waals surface area contributed by atoms with Crippen molar-refractivity contribution in [2.45, 2.75) is 85.3 Å². The van der Waals surface area contributed by atoms with Crippen molar-refractivity contribution in [3.8, 4) is 22.8 Å². The highest BCUT2D eigenvalue weighted by atomic mass is 35.5. The summed E-state index contributed by atoms with van der Waals surface area (Å²) in [5.74, 6) is -2.79. The highest BCUT2D eigenvalue weighted by molar-refractivity contribution is 7.90. The predicted octanol–water partition coefficient (Wildman–Crippen LogP) is 11.3. The van der Waals surface area contributed by atoms with E-state index in [0.717, 1.165) is 70.3 Å². The summed E-state index contributed by atoms with van der Waals surface area (Å²) in [7, 11) is -3.10. The van der Waals surface area contributed by atoms with Gasteiger partial charge in [-0.3, -0.25) is 43.6 Å². The number of hydrogen-bond donors (Lipinski definition) is 2. The van der Waals surface area contributed by atoms with E-state index >= 15 is 4.39 Å². The first-order valence-corrected chi connectivity index (χ1v) is 43.1. The minimum absolute atomic E-state index is 0.00264. The third-order valence-electron chi connectivity index (χ3n) is 22.4. The molecule has 0 radical (unpaired) electrons. The number of nitrogens with zero attached hydrogens (tertiary/aromatic N) is 10. The lowest BCUT2D eigenvalue weighted by molar-refractivity contribution is -0.533. The first-order valence-electron chi connectivity index (χ1n) is 37.9. The number of ether oxygens (including phenoxy) is 5. The maximum atomic E-state index is 15.0. The van der Waals surface area contributed by atoms with Gasteiger partial charge in [0, 0.05) is 75.9 Å². The third kappa shape index (κ3) is 20.0. The largest absolute Gasteiger partial charge is 0.469 e.